The van der Waals surface area contributed by atoms with Crippen LogP contribution in [-0.4, -0.2) is 5.91 Å². The Morgan fingerprint density at radius 2 is 1.05 bits per heavy atom. The Labute approximate surface area is 233 Å². The highest BCUT2D eigenvalue weighted by Crippen LogP contribution is 2.44. The second kappa shape index (κ2) is 11.7. The van der Waals surface area contributed by atoms with Crippen LogP contribution < -0.4 is 24.8 Å². The van der Waals surface area contributed by atoms with E-state index in [9.17, 15) is 4.79 Å². The van der Waals surface area contributed by atoms with Crippen LogP contribution in [0.25, 0.3) is 0 Å². The molecule has 0 aromatic heterocycles. The number of hydrogen-bond acceptors (Lipinski definition) is 5. The summed E-state index contributed by atoms with van der Waals surface area (Å²) in [4.78, 5) is 13.4. The van der Waals surface area contributed by atoms with Crippen LogP contribution in [0, 0.1) is 0 Å². The predicted octanol–water partition coefficient (Wildman–Crippen LogP) is 7.73. The number of carbonyl (C=O) groups is 1. The van der Waals surface area contributed by atoms with Crippen LogP contribution in [0.2, 0.25) is 0 Å². The van der Waals surface area contributed by atoms with Crippen molar-refractivity contribution in [1.82, 2.24) is 0 Å². The van der Waals surface area contributed by atoms with Crippen molar-refractivity contribution in [3.8, 4) is 17.2 Å². The van der Waals surface area contributed by atoms with E-state index < -0.39 is 0 Å². The average molecular weight is 529 g/mol. The van der Waals surface area contributed by atoms with Gasteiger partial charge in [-0.2, -0.15) is 0 Å². The fourth-order valence-electron chi connectivity index (χ4n) is 4.51. The molecule has 0 saturated carbocycles. The van der Waals surface area contributed by atoms with Crippen molar-refractivity contribution in [2.24, 2.45) is 0 Å². The van der Waals surface area contributed by atoms with Crippen molar-refractivity contribution < 1.29 is 19.0 Å². The van der Waals surface area contributed by atoms with Crippen LogP contribution in [0.3, 0.4) is 0 Å². The molecule has 6 nitrogen and oxygen atoms in total. The van der Waals surface area contributed by atoms with Gasteiger partial charge >= 0.3 is 0 Å². The maximum absolute atomic E-state index is 13.4. The number of ether oxygens (including phenoxy) is 3. The van der Waals surface area contributed by atoms with Gasteiger partial charge < -0.3 is 24.8 Å². The first-order chi connectivity index (χ1) is 19.7. The van der Waals surface area contributed by atoms with Gasteiger partial charge in [-0.05, 0) is 28.8 Å². The fraction of sp³-hybridized carbons (Fsp3) is 0.0882. The van der Waals surface area contributed by atoms with Gasteiger partial charge in [0.25, 0.3) is 5.91 Å². The quantitative estimate of drug-likeness (QED) is 0.205. The Morgan fingerprint density at radius 3 is 1.65 bits per heavy atom. The molecule has 5 aromatic carbocycles. The largest absolute Gasteiger partial charge is 0.489 e. The molecule has 1 heterocycles. The van der Waals surface area contributed by atoms with Gasteiger partial charge in [-0.15, -0.1) is 0 Å². The molecule has 0 radical (unpaired) electrons. The highest BCUT2D eigenvalue weighted by molar-refractivity contribution is 6.14. The van der Waals surface area contributed by atoms with E-state index >= 15 is 0 Å². The third-order valence-corrected chi connectivity index (χ3v) is 6.57. The van der Waals surface area contributed by atoms with Gasteiger partial charge in [0.15, 0.2) is 0 Å². The second-order valence-electron chi connectivity index (χ2n) is 9.42. The van der Waals surface area contributed by atoms with E-state index in [1.807, 2.05) is 115 Å². The number of amides is 1. The maximum Gasteiger partial charge on any atom is 0.258 e. The summed E-state index contributed by atoms with van der Waals surface area (Å²) in [5.74, 6) is 1.43. The van der Waals surface area contributed by atoms with Gasteiger partial charge in [0.05, 0.1) is 16.9 Å². The molecule has 40 heavy (non-hydrogen) atoms. The number of anilines is 3. The lowest BCUT2D eigenvalue weighted by atomic mass is 10.1. The van der Waals surface area contributed by atoms with Crippen LogP contribution in [0.5, 0.6) is 17.2 Å². The smallest absolute Gasteiger partial charge is 0.258 e. The Balaban J connectivity index is 1.34. The van der Waals surface area contributed by atoms with Gasteiger partial charge in [-0.1, -0.05) is 97.1 Å². The first-order valence-electron chi connectivity index (χ1n) is 13.1. The number of hydrogen-bond donors (Lipinski definition) is 2. The number of fused-ring (bicyclic) bond motifs is 2. The molecule has 0 saturated heterocycles. The Morgan fingerprint density at radius 1 is 0.500 bits per heavy atom. The molecule has 0 spiro atoms. The van der Waals surface area contributed by atoms with Crippen molar-refractivity contribution >= 4 is 23.0 Å². The lowest BCUT2D eigenvalue weighted by molar-refractivity contribution is 0.102. The molecule has 0 atom stereocenters. The Bertz CT molecular complexity index is 1610. The summed E-state index contributed by atoms with van der Waals surface area (Å²) in [6, 6.07) is 38.9. The lowest BCUT2D eigenvalue weighted by Crippen LogP contribution is -2.12. The molecule has 1 aliphatic rings. The van der Waals surface area contributed by atoms with Crippen molar-refractivity contribution in [2.45, 2.75) is 19.8 Å². The topological polar surface area (TPSA) is 68.8 Å². The van der Waals surface area contributed by atoms with E-state index in [0.29, 0.717) is 59.7 Å². The van der Waals surface area contributed by atoms with Crippen LogP contribution in [0.15, 0.2) is 121 Å². The molecule has 1 amide bonds. The summed E-state index contributed by atoms with van der Waals surface area (Å²) in [5, 5.41) is 6.50. The van der Waals surface area contributed by atoms with Crippen molar-refractivity contribution in [3.05, 3.63) is 144 Å². The molecule has 0 bridgehead atoms. The van der Waals surface area contributed by atoms with Crippen LogP contribution in [0.4, 0.5) is 17.1 Å². The number of carbonyl (C=O) groups excluding carboxylic acids is 1. The highest BCUT2D eigenvalue weighted by atomic mass is 16.5. The molecule has 6 heteroatoms. The van der Waals surface area contributed by atoms with Crippen LogP contribution >= 0.6 is 0 Å². The second-order valence-corrected chi connectivity index (χ2v) is 9.42. The van der Waals surface area contributed by atoms with Gasteiger partial charge in [0.2, 0.25) is 0 Å². The molecule has 0 fully saturated rings. The normalized spacial score (nSPS) is 11.8. The first kappa shape index (κ1) is 25.1. The molecule has 2 N–H and O–H groups in total. The molecular formula is C34H28N2O4. The minimum absolute atomic E-state index is 0.256. The zero-order chi connectivity index (χ0) is 27.1. The van der Waals surface area contributed by atoms with Gasteiger partial charge in [0, 0.05) is 12.1 Å². The molecule has 198 valence electrons. The number of rotatable bonds is 9. The van der Waals surface area contributed by atoms with Crippen molar-refractivity contribution in [1.29, 1.82) is 0 Å². The first-order valence-corrected chi connectivity index (χ1v) is 13.1. The summed E-state index contributed by atoms with van der Waals surface area (Å²) in [6.07, 6.45) is 0. The fourth-order valence-corrected chi connectivity index (χ4v) is 4.51. The Hall–Kier alpha value is -5.23. The number of para-hydroxylation sites is 1. The summed E-state index contributed by atoms with van der Waals surface area (Å²) >= 11 is 0. The van der Waals surface area contributed by atoms with Crippen molar-refractivity contribution in [3.63, 3.8) is 0 Å². The van der Waals surface area contributed by atoms with Crippen LogP contribution in [0.1, 0.15) is 27.0 Å². The molecule has 0 unspecified atom stereocenters. The van der Waals surface area contributed by atoms with Gasteiger partial charge in [-0.25, -0.2) is 0 Å². The van der Waals surface area contributed by atoms with Gasteiger partial charge in [0.1, 0.15) is 42.8 Å². The monoisotopic (exact) mass is 528 g/mol. The third-order valence-electron chi connectivity index (χ3n) is 6.57. The Kier molecular flexibility index (Phi) is 7.31. The van der Waals surface area contributed by atoms with E-state index in [4.69, 9.17) is 14.2 Å². The van der Waals surface area contributed by atoms with E-state index in [2.05, 4.69) is 10.6 Å². The van der Waals surface area contributed by atoms with Gasteiger partial charge in [-0.3, -0.25) is 4.79 Å². The number of benzene rings is 5. The molecule has 1 aliphatic heterocycles. The lowest BCUT2D eigenvalue weighted by Gasteiger charge is -2.18. The summed E-state index contributed by atoms with van der Waals surface area (Å²) in [6.45, 7) is 1.11. The standard InChI is InChI=1S/C34H28N2O4/c37-34-28-17-10-18-30(39-22-25-13-6-2-7-14-25)32(28)35-29-19-27(38-21-24-11-4-1-5-12-24)20-31(33(29)36-34)40-23-26-15-8-3-9-16-26/h1-20,35H,21-23H2,(H,36,37). The minimum Gasteiger partial charge on any atom is -0.489 e. The van der Waals surface area contributed by atoms with E-state index in [1.165, 1.54) is 0 Å². The maximum atomic E-state index is 13.4. The summed E-state index contributed by atoms with van der Waals surface area (Å²) < 4.78 is 18.6. The van der Waals surface area contributed by atoms with E-state index in [1.54, 1.807) is 6.07 Å². The molecule has 6 rings (SSSR count). The van der Waals surface area contributed by atoms with E-state index in [-0.39, 0.29) is 5.91 Å². The van der Waals surface area contributed by atoms with E-state index in [0.717, 1.165) is 16.7 Å². The zero-order valence-electron chi connectivity index (χ0n) is 21.8. The van der Waals surface area contributed by atoms with Crippen LogP contribution in [-0.2, 0) is 19.8 Å². The SMILES string of the molecule is O=C1Nc2c(cc(OCc3ccccc3)cc2OCc2ccccc2)Nc2c(OCc3ccccc3)cccc21. The zero-order valence-corrected chi connectivity index (χ0v) is 21.8. The van der Waals surface area contributed by atoms with Crippen molar-refractivity contribution in [2.75, 3.05) is 10.6 Å². The summed E-state index contributed by atoms with van der Waals surface area (Å²) in [5.41, 5.74) is 5.35. The summed E-state index contributed by atoms with van der Waals surface area (Å²) in [7, 11) is 0. The average Bonchev–Trinajstić information content (AvgIpc) is 3.15. The highest BCUT2D eigenvalue weighted by Gasteiger charge is 2.25. The molecule has 0 aliphatic carbocycles. The number of nitrogens with one attached hydrogen (secondary N) is 2. The third kappa shape index (κ3) is 5.76. The minimum atomic E-state index is -0.256. The molecule has 5 aromatic rings. The predicted molar refractivity (Wildman–Crippen MR) is 156 cm³/mol. The molecular weight excluding hydrogens is 500 g/mol.